The number of carbonyl (C=O) groups excluding carboxylic acids is 1. The Labute approximate surface area is 219 Å². The highest BCUT2D eigenvalue weighted by atomic mass is 79.9. The predicted octanol–water partition coefficient (Wildman–Crippen LogP) is 6.74. The molecule has 0 amide bonds. The van der Waals surface area contributed by atoms with E-state index in [1.807, 2.05) is 25.1 Å². The topological polar surface area (TPSA) is 29.5 Å². The Balaban J connectivity index is 0.00000289. The second kappa shape index (κ2) is 11.4. The molecule has 0 atom stereocenters. The van der Waals surface area contributed by atoms with Crippen LogP contribution in [0.3, 0.4) is 0 Å². The van der Waals surface area contributed by atoms with Gasteiger partial charge < -0.3 is 4.74 Å². The van der Waals surface area contributed by atoms with Gasteiger partial charge in [-0.1, -0.05) is 91.9 Å². The van der Waals surface area contributed by atoms with Crippen LogP contribution in [0.5, 0.6) is 0 Å². The third kappa shape index (κ3) is 5.44. The molecule has 1 aliphatic heterocycles. The van der Waals surface area contributed by atoms with E-state index < -0.39 is 5.60 Å². The van der Waals surface area contributed by atoms with Gasteiger partial charge in [0.1, 0.15) is 5.60 Å². The molecule has 3 aromatic rings. The van der Waals surface area contributed by atoms with Crippen LogP contribution in [0.4, 0.5) is 0 Å². The average Bonchev–Trinajstić information content (AvgIpc) is 3.05. The third-order valence-electron chi connectivity index (χ3n) is 7.39. The van der Waals surface area contributed by atoms with Crippen LogP contribution < -0.4 is 0 Å². The van der Waals surface area contributed by atoms with Crippen molar-refractivity contribution in [2.24, 2.45) is 0 Å². The lowest BCUT2D eigenvalue weighted by Crippen LogP contribution is -2.45. The lowest BCUT2D eigenvalue weighted by molar-refractivity contribution is -0.166. The summed E-state index contributed by atoms with van der Waals surface area (Å²) in [4.78, 5) is 14.8. The van der Waals surface area contributed by atoms with Gasteiger partial charge in [0.15, 0.2) is 0 Å². The molecule has 0 radical (unpaired) electrons. The number of carbonyl (C=O) groups is 1. The van der Waals surface area contributed by atoms with Crippen LogP contribution in [0.15, 0.2) is 84.9 Å². The number of likely N-dealkylation sites (tertiary alicyclic amines) is 1. The first-order chi connectivity index (χ1) is 16.7. The van der Waals surface area contributed by atoms with Gasteiger partial charge in [-0.3, -0.25) is 9.69 Å². The molecule has 4 heteroatoms. The Morgan fingerprint density at radius 1 is 0.857 bits per heavy atom. The molecule has 1 saturated heterocycles. The van der Waals surface area contributed by atoms with Crippen LogP contribution in [0, 0.1) is 0 Å². The summed E-state index contributed by atoms with van der Waals surface area (Å²) in [6.07, 6.45) is 6.62. The third-order valence-corrected chi connectivity index (χ3v) is 7.39. The number of ether oxygens (including phenoxy) is 1. The number of hydrogen-bond donors (Lipinski definition) is 0. The molecular weight excluding hydrogens is 498 g/mol. The van der Waals surface area contributed by atoms with Crippen molar-refractivity contribution in [2.75, 3.05) is 19.6 Å². The van der Waals surface area contributed by atoms with Crippen LogP contribution in [0.25, 0.3) is 5.57 Å². The molecular formula is C31H34BrNO2. The molecule has 0 aromatic heterocycles. The van der Waals surface area contributed by atoms with Crippen LogP contribution in [0.1, 0.15) is 54.0 Å². The lowest BCUT2D eigenvalue weighted by Gasteiger charge is -2.41. The van der Waals surface area contributed by atoms with Crippen LogP contribution >= 0.6 is 17.0 Å². The van der Waals surface area contributed by atoms with Gasteiger partial charge in [0, 0.05) is 38.9 Å². The smallest absolute Gasteiger partial charge is 0.306 e. The minimum atomic E-state index is -0.514. The standard InChI is InChI=1S/C31H33NO2.BrH/c1-2-30(33)34-31(26-12-4-3-5-13-26)19-22-32(23-20-31)21-18-29-27-14-8-6-10-24(27)16-17-25-11-7-9-15-28(25)29;/h3-15,18H,2,16-17,19-23H2,1H3;1H. The molecule has 3 aromatic carbocycles. The summed E-state index contributed by atoms with van der Waals surface area (Å²) in [6.45, 7) is 4.56. The first-order valence-electron chi connectivity index (χ1n) is 12.5. The Bertz CT molecular complexity index is 1130. The molecule has 1 fully saturated rings. The molecule has 0 unspecified atom stereocenters. The molecule has 0 saturated carbocycles. The number of aryl methyl sites for hydroxylation is 2. The van der Waals surface area contributed by atoms with Gasteiger partial charge in [0.25, 0.3) is 0 Å². The Morgan fingerprint density at radius 2 is 1.40 bits per heavy atom. The van der Waals surface area contributed by atoms with Crippen molar-refractivity contribution in [2.45, 2.75) is 44.6 Å². The number of nitrogens with zero attached hydrogens (tertiary/aromatic N) is 1. The highest BCUT2D eigenvalue weighted by molar-refractivity contribution is 8.93. The second-order valence-electron chi connectivity index (χ2n) is 9.42. The normalized spacial score (nSPS) is 16.8. The maximum Gasteiger partial charge on any atom is 0.306 e. The van der Waals surface area contributed by atoms with Crippen molar-refractivity contribution in [3.63, 3.8) is 0 Å². The minimum absolute atomic E-state index is 0. The zero-order valence-corrected chi connectivity index (χ0v) is 22.1. The van der Waals surface area contributed by atoms with Crippen LogP contribution in [-0.4, -0.2) is 30.5 Å². The van der Waals surface area contributed by atoms with E-state index in [2.05, 4.69) is 71.6 Å². The SMILES string of the molecule is Br.CCC(=O)OC1(c2ccccc2)CCN(CC=C2c3ccccc3CCc3ccccc32)CC1. The monoisotopic (exact) mass is 531 g/mol. The number of benzene rings is 3. The van der Waals surface area contributed by atoms with Crippen molar-refractivity contribution in [1.29, 1.82) is 0 Å². The molecule has 5 rings (SSSR count). The van der Waals surface area contributed by atoms with Crippen LogP contribution in [-0.2, 0) is 28.0 Å². The molecule has 1 aliphatic carbocycles. The Morgan fingerprint density at radius 3 is 1.97 bits per heavy atom. The minimum Gasteiger partial charge on any atom is -0.454 e. The van der Waals surface area contributed by atoms with Crippen molar-refractivity contribution in [3.05, 3.63) is 113 Å². The first kappa shape index (κ1) is 25.4. The van der Waals surface area contributed by atoms with Gasteiger partial charge in [-0.25, -0.2) is 0 Å². The summed E-state index contributed by atoms with van der Waals surface area (Å²) in [5.41, 5.74) is 7.53. The maximum absolute atomic E-state index is 12.3. The Hall–Kier alpha value is -2.69. The second-order valence-corrected chi connectivity index (χ2v) is 9.42. The van der Waals surface area contributed by atoms with Crippen molar-refractivity contribution < 1.29 is 9.53 Å². The largest absolute Gasteiger partial charge is 0.454 e. The van der Waals surface area contributed by atoms with E-state index in [1.165, 1.54) is 27.8 Å². The predicted molar refractivity (Wildman–Crippen MR) is 148 cm³/mol. The van der Waals surface area contributed by atoms with Gasteiger partial charge >= 0.3 is 5.97 Å². The number of halogens is 1. The van der Waals surface area contributed by atoms with Gasteiger partial charge in [-0.15, -0.1) is 17.0 Å². The lowest BCUT2D eigenvalue weighted by atomic mass is 9.84. The fourth-order valence-corrected chi connectivity index (χ4v) is 5.44. The zero-order chi connectivity index (χ0) is 23.4. The number of rotatable bonds is 5. The summed E-state index contributed by atoms with van der Waals surface area (Å²) < 4.78 is 6.09. The van der Waals surface area contributed by atoms with Gasteiger partial charge in [0.2, 0.25) is 0 Å². The molecule has 0 N–H and O–H groups in total. The summed E-state index contributed by atoms with van der Waals surface area (Å²) in [6, 6.07) is 28.0. The molecule has 0 spiro atoms. The average molecular weight is 533 g/mol. The van der Waals surface area contributed by atoms with E-state index in [9.17, 15) is 4.79 Å². The fraction of sp³-hybridized carbons (Fsp3) is 0.323. The fourth-order valence-electron chi connectivity index (χ4n) is 5.44. The molecule has 0 bridgehead atoms. The number of hydrogen-bond acceptors (Lipinski definition) is 3. The number of fused-ring (bicyclic) bond motifs is 2. The van der Waals surface area contributed by atoms with E-state index in [0.29, 0.717) is 6.42 Å². The first-order valence-corrected chi connectivity index (χ1v) is 12.5. The van der Waals surface area contributed by atoms with E-state index in [1.54, 1.807) is 0 Å². The molecule has 1 heterocycles. The van der Waals surface area contributed by atoms with E-state index in [4.69, 9.17) is 4.74 Å². The number of piperidine rings is 1. The highest BCUT2D eigenvalue weighted by Gasteiger charge is 2.39. The van der Waals surface area contributed by atoms with Crippen molar-refractivity contribution in [1.82, 2.24) is 4.90 Å². The van der Waals surface area contributed by atoms with Gasteiger partial charge in [-0.2, -0.15) is 0 Å². The van der Waals surface area contributed by atoms with Gasteiger partial charge in [-0.05, 0) is 46.2 Å². The molecule has 2 aliphatic rings. The van der Waals surface area contributed by atoms with E-state index >= 15 is 0 Å². The zero-order valence-electron chi connectivity index (χ0n) is 20.4. The van der Waals surface area contributed by atoms with Gasteiger partial charge in [0.05, 0.1) is 0 Å². The summed E-state index contributed by atoms with van der Waals surface area (Å²) in [5.74, 6) is -0.119. The van der Waals surface area contributed by atoms with E-state index in [-0.39, 0.29) is 23.0 Å². The van der Waals surface area contributed by atoms with Crippen molar-refractivity contribution in [3.8, 4) is 0 Å². The molecule has 182 valence electrons. The summed E-state index contributed by atoms with van der Waals surface area (Å²) in [7, 11) is 0. The van der Waals surface area contributed by atoms with E-state index in [0.717, 1.165) is 50.9 Å². The Kier molecular flexibility index (Phi) is 8.25. The molecule has 3 nitrogen and oxygen atoms in total. The quantitative estimate of drug-likeness (QED) is 0.341. The number of esters is 1. The maximum atomic E-state index is 12.3. The molecule has 35 heavy (non-hydrogen) atoms. The summed E-state index contributed by atoms with van der Waals surface area (Å²) >= 11 is 0. The van der Waals surface area contributed by atoms with Crippen LogP contribution in [0.2, 0.25) is 0 Å². The highest BCUT2D eigenvalue weighted by Crippen LogP contribution is 2.38. The summed E-state index contributed by atoms with van der Waals surface area (Å²) in [5, 5.41) is 0. The van der Waals surface area contributed by atoms with Crippen molar-refractivity contribution >= 4 is 28.5 Å².